The molecule has 0 saturated heterocycles. The van der Waals surface area contributed by atoms with E-state index in [-0.39, 0.29) is 38.3 Å². The van der Waals surface area contributed by atoms with Crippen molar-refractivity contribution in [3.63, 3.8) is 0 Å². The minimum Gasteiger partial charge on any atom is -0.346 e. The number of nitrogens with one attached hydrogen (secondary N) is 1. The lowest BCUT2D eigenvalue weighted by atomic mass is 9.89. The molecule has 3 aromatic heterocycles. The molecule has 7 nitrogen and oxygen atoms in total. The van der Waals surface area contributed by atoms with Crippen LogP contribution in [0.2, 0.25) is 0 Å². The lowest BCUT2D eigenvalue weighted by molar-refractivity contribution is -0.123. The Morgan fingerprint density at radius 3 is 2.38 bits per heavy atom. The van der Waals surface area contributed by atoms with Crippen LogP contribution in [0, 0.1) is 28.8 Å². The van der Waals surface area contributed by atoms with Crippen LogP contribution in [0.4, 0.5) is 39.5 Å². The quantitative estimate of drug-likeness (QED) is 0.120. The van der Waals surface area contributed by atoms with Crippen molar-refractivity contribution < 1.29 is 44.3 Å². The zero-order chi connectivity index (χ0) is 36.1. The number of aromatic nitrogens is 4. The minimum atomic E-state index is -4.07. The summed E-state index contributed by atoms with van der Waals surface area (Å²) >= 11 is 2.53. The summed E-state index contributed by atoms with van der Waals surface area (Å²) in [4.78, 5) is 22.6. The Labute approximate surface area is 285 Å². The monoisotopic (exact) mass is 740 g/mol. The van der Waals surface area contributed by atoms with Crippen molar-refractivity contribution in [1.82, 2.24) is 25.1 Å². The smallest absolute Gasteiger partial charge is 0.290 e. The zero-order valence-corrected chi connectivity index (χ0v) is 27.0. The third-order valence-electron chi connectivity index (χ3n) is 7.94. The van der Waals surface area contributed by atoms with Gasteiger partial charge in [-0.25, -0.2) is 40.7 Å². The van der Waals surface area contributed by atoms with E-state index in [0.717, 1.165) is 18.2 Å². The fourth-order valence-electron chi connectivity index (χ4n) is 5.81. The third kappa shape index (κ3) is 6.75. The van der Waals surface area contributed by atoms with Crippen molar-refractivity contribution in [2.45, 2.75) is 54.5 Å². The summed E-state index contributed by atoms with van der Waals surface area (Å²) in [5.74, 6) is -12.1. The van der Waals surface area contributed by atoms with Gasteiger partial charge in [0.05, 0.1) is 27.6 Å². The number of carbonyl (C=O) groups is 1. The number of nitrogens with zero attached hydrogens (tertiary/aromatic N) is 5. The standard InChI is InChI=1S/C32H21F9N6OS2/c1-49-30-45-29-22(50-30)11-19(15-2-3-20(35)16(9-15)12-42)25(44-29)21(8-14-6-17(33)10-18(34)7-14)43-23(48)13-47-27-24(26(46-47)28(36)37)31(38,39)4-5-32(27,40)41/h2-3,6-7,9-11,21,28H,4-5,8,13H2,1H3,(H,43,48)/t21-/m0/s1. The molecule has 1 atom stereocenters. The molecule has 2 aromatic carbocycles. The molecule has 6 rings (SSSR count). The van der Waals surface area contributed by atoms with Crippen molar-refractivity contribution in [2.75, 3.05) is 6.26 Å². The van der Waals surface area contributed by atoms with Crippen LogP contribution in [0.15, 0.2) is 46.8 Å². The van der Waals surface area contributed by atoms with E-state index in [0.29, 0.717) is 15.1 Å². The molecule has 0 aliphatic heterocycles. The lowest BCUT2D eigenvalue weighted by Crippen LogP contribution is -2.37. The summed E-state index contributed by atoms with van der Waals surface area (Å²) in [6.07, 6.45) is -5.11. The van der Waals surface area contributed by atoms with Crippen LogP contribution in [0.3, 0.4) is 0 Å². The number of fused-ring (bicyclic) bond motifs is 2. The first-order valence-electron chi connectivity index (χ1n) is 14.6. The number of hydrogen-bond acceptors (Lipinski definition) is 7. The molecule has 0 saturated carbocycles. The molecular formula is C32H21F9N6OS2. The van der Waals surface area contributed by atoms with E-state index in [1.165, 1.54) is 35.2 Å². The number of thiazole rings is 1. The Kier molecular flexibility index (Phi) is 9.33. The number of amides is 1. The Morgan fingerprint density at radius 2 is 1.72 bits per heavy atom. The Bertz CT molecular complexity index is 2160. The molecule has 3 heterocycles. The molecular weight excluding hydrogens is 720 g/mol. The molecule has 18 heteroatoms. The molecule has 0 radical (unpaired) electrons. The van der Waals surface area contributed by atoms with Gasteiger partial charge in [-0.3, -0.25) is 9.48 Å². The van der Waals surface area contributed by atoms with E-state index >= 15 is 8.78 Å². The van der Waals surface area contributed by atoms with Crippen LogP contribution in [-0.4, -0.2) is 31.9 Å². The highest BCUT2D eigenvalue weighted by molar-refractivity contribution is 8.00. The number of nitriles is 1. The highest BCUT2D eigenvalue weighted by Gasteiger charge is 2.55. The topological polar surface area (TPSA) is 96.5 Å². The highest BCUT2D eigenvalue weighted by atomic mass is 32.2. The van der Waals surface area contributed by atoms with Crippen LogP contribution in [0.5, 0.6) is 0 Å². The van der Waals surface area contributed by atoms with Gasteiger partial charge in [0.15, 0.2) is 9.99 Å². The van der Waals surface area contributed by atoms with Gasteiger partial charge in [-0.05, 0) is 54.1 Å². The molecule has 1 aliphatic carbocycles. The van der Waals surface area contributed by atoms with Gasteiger partial charge < -0.3 is 5.32 Å². The fourth-order valence-corrected chi connectivity index (χ4v) is 7.27. The normalized spacial score (nSPS) is 15.6. The van der Waals surface area contributed by atoms with Gasteiger partial charge in [-0.15, -0.1) is 11.3 Å². The molecule has 1 aliphatic rings. The van der Waals surface area contributed by atoms with Crippen LogP contribution >= 0.6 is 23.1 Å². The van der Waals surface area contributed by atoms with Crippen molar-refractivity contribution in [3.8, 4) is 17.2 Å². The first-order chi connectivity index (χ1) is 23.6. The second-order valence-electron chi connectivity index (χ2n) is 11.3. The van der Waals surface area contributed by atoms with E-state index in [4.69, 9.17) is 0 Å². The average molecular weight is 741 g/mol. The minimum absolute atomic E-state index is 0.0109. The van der Waals surface area contributed by atoms with Gasteiger partial charge in [0.25, 0.3) is 18.3 Å². The van der Waals surface area contributed by atoms with Gasteiger partial charge >= 0.3 is 0 Å². The second kappa shape index (κ2) is 13.2. The predicted molar refractivity (Wildman–Crippen MR) is 164 cm³/mol. The molecule has 260 valence electrons. The van der Waals surface area contributed by atoms with Gasteiger partial charge in [-0.2, -0.15) is 19.1 Å². The predicted octanol–water partition coefficient (Wildman–Crippen LogP) is 8.58. The molecule has 0 fully saturated rings. The van der Waals surface area contributed by atoms with Crippen molar-refractivity contribution in [2.24, 2.45) is 0 Å². The number of hydrogen-bond donors (Lipinski definition) is 1. The maximum atomic E-state index is 15.0. The summed E-state index contributed by atoms with van der Waals surface area (Å²) in [5, 5.41) is 15.3. The third-order valence-corrected chi connectivity index (χ3v) is 9.91. The first kappa shape index (κ1) is 35.2. The maximum absolute atomic E-state index is 15.0. The molecule has 0 bridgehead atoms. The maximum Gasteiger partial charge on any atom is 0.290 e. The van der Waals surface area contributed by atoms with Gasteiger partial charge in [0, 0.05) is 24.5 Å². The molecule has 50 heavy (non-hydrogen) atoms. The highest BCUT2D eigenvalue weighted by Crippen LogP contribution is 2.52. The van der Waals surface area contributed by atoms with E-state index in [9.17, 15) is 40.8 Å². The van der Waals surface area contributed by atoms with Crippen molar-refractivity contribution >= 4 is 39.4 Å². The largest absolute Gasteiger partial charge is 0.346 e. The number of benzene rings is 2. The summed E-state index contributed by atoms with van der Waals surface area (Å²) in [7, 11) is 0. The second-order valence-corrected chi connectivity index (χ2v) is 13.4. The number of carbonyl (C=O) groups excluding carboxylic acids is 1. The Balaban J connectivity index is 1.48. The van der Waals surface area contributed by atoms with Crippen molar-refractivity contribution in [3.05, 3.63) is 93.7 Å². The number of rotatable bonds is 9. The molecule has 1 N–H and O–H groups in total. The SMILES string of the molecule is CSc1nc2nc([C@H](Cc3cc(F)cc(F)c3)NC(=O)Cn3nc(C(F)F)c4c3C(F)(F)CCC4(F)F)c(-c3ccc(F)c(C#N)c3)cc2s1. The number of pyridine rings is 1. The van der Waals surface area contributed by atoms with Crippen LogP contribution in [-0.2, 0) is 29.6 Å². The van der Waals surface area contributed by atoms with E-state index < -0.39 is 90.4 Å². The Hall–Kier alpha value is -4.63. The van der Waals surface area contributed by atoms with Gasteiger partial charge in [-0.1, -0.05) is 17.8 Å². The van der Waals surface area contributed by atoms with Crippen LogP contribution in [0.25, 0.3) is 21.5 Å². The summed E-state index contributed by atoms with van der Waals surface area (Å²) in [6, 6.07) is 8.02. The molecule has 5 aromatic rings. The summed E-state index contributed by atoms with van der Waals surface area (Å²) in [6.45, 7) is -1.23. The van der Waals surface area contributed by atoms with Crippen LogP contribution < -0.4 is 5.32 Å². The fraction of sp³-hybridized carbons (Fsp3) is 0.281. The van der Waals surface area contributed by atoms with Gasteiger partial charge in [0.2, 0.25) is 5.91 Å². The first-order valence-corrected chi connectivity index (χ1v) is 16.6. The number of alkyl halides is 6. The summed E-state index contributed by atoms with van der Waals surface area (Å²) < 4.78 is 131. The lowest BCUT2D eigenvalue weighted by Gasteiger charge is -2.29. The summed E-state index contributed by atoms with van der Waals surface area (Å²) in [5.41, 5.74) is -4.49. The van der Waals surface area contributed by atoms with Crippen LogP contribution in [0.1, 0.15) is 59.1 Å². The molecule has 0 spiro atoms. The van der Waals surface area contributed by atoms with E-state index in [2.05, 4.69) is 20.4 Å². The Morgan fingerprint density at radius 1 is 1.02 bits per heavy atom. The zero-order valence-electron chi connectivity index (χ0n) is 25.4. The van der Waals surface area contributed by atoms with Crippen molar-refractivity contribution in [1.29, 1.82) is 5.26 Å². The number of halogens is 9. The molecule has 1 amide bonds. The van der Waals surface area contributed by atoms with E-state index in [1.807, 2.05) is 0 Å². The number of thioether (sulfide) groups is 1. The van der Waals surface area contributed by atoms with Gasteiger partial charge in [0.1, 0.15) is 41.5 Å². The molecule has 0 unspecified atom stereocenters. The van der Waals surface area contributed by atoms with E-state index in [1.54, 1.807) is 18.4 Å². The average Bonchev–Trinajstić information content (AvgIpc) is 3.65.